The average molecular weight is 264 g/mol. The fraction of sp³-hybridized carbons (Fsp3) is 0.533. The topological polar surface area (TPSA) is 41.1 Å². The van der Waals surface area contributed by atoms with Crippen LogP contribution in [0.5, 0.6) is 0 Å². The molecule has 2 N–H and O–H groups in total. The number of hydrogen-bond acceptors (Lipinski definition) is 2. The molecule has 1 heterocycles. The molecule has 0 aliphatic carbocycles. The molecule has 1 aliphatic heterocycles. The minimum absolute atomic E-state index is 0.100. The van der Waals surface area contributed by atoms with E-state index >= 15 is 0 Å². The number of hydrogen-bond donors (Lipinski definition) is 2. The number of carbonyl (C=O) groups is 1. The van der Waals surface area contributed by atoms with Crippen LogP contribution in [0.3, 0.4) is 0 Å². The van der Waals surface area contributed by atoms with Crippen molar-refractivity contribution in [1.82, 2.24) is 10.6 Å². The number of rotatable bonds is 4. The Labute approximate surface area is 113 Å². The molecule has 104 valence electrons. The van der Waals surface area contributed by atoms with Crippen molar-refractivity contribution in [2.24, 2.45) is 5.92 Å². The predicted octanol–water partition coefficient (Wildman–Crippen LogP) is 1.79. The van der Waals surface area contributed by atoms with Gasteiger partial charge in [-0.25, -0.2) is 4.39 Å². The molecule has 1 aromatic rings. The maximum Gasteiger partial charge on any atom is 0.224 e. The molecule has 0 unspecified atom stereocenters. The van der Waals surface area contributed by atoms with Gasteiger partial charge in [-0.3, -0.25) is 4.79 Å². The van der Waals surface area contributed by atoms with Crippen LogP contribution in [0, 0.1) is 18.7 Å². The van der Waals surface area contributed by atoms with E-state index in [4.69, 9.17) is 0 Å². The predicted molar refractivity (Wildman–Crippen MR) is 73.4 cm³/mol. The van der Waals surface area contributed by atoms with Crippen LogP contribution in [0.4, 0.5) is 4.39 Å². The van der Waals surface area contributed by atoms with Crippen LogP contribution in [0.1, 0.15) is 24.0 Å². The van der Waals surface area contributed by atoms with E-state index in [1.165, 1.54) is 12.1 Å². The van der Waals surface area contributed by atoms with E-state index < -0.39 is 0 Å². The number of halogens is 1. The zero-order valence-corrected chi connectivity index (χ0v) is 11.3. The van der Waals surface area contributed by atoms with Gasteiger partial charge in [-0.1, -0.05) is 6.07 Å². The summed E-state index contributed by atoms with van der Waals surface area (Å²) in [6.07, 6.45) is 2.78. The maximum absolute atomic E-state index is 13.0. The number of benzene rings is 1. The van der Waals surface area contributed by atoms with Gasteiger partial charge in [-0.2, -0.15) is 0 Å². The van der Waals surface area contributed by atoms with Crippen LogP contribution in [0.15, 0.2) is 18.2 Å². The summed E-state index contributed by atoms with van der Waals surface area (Å²) in [4.78, 5) is 11.9. The largest absolute Gasteiger partial charge is 0.355 e. The lowest BCUT2D eigenvalue weighted by Gasteiger charge is -2.21. The number of piperidine rings is 1. The van der Waals surface area contributed by atoms with Crippen LogP contribution in [-0.2, 0) is 11.2 Å². The lowest BCUT2D eigenvalue weighted by molar-refractivity contribution is -0.125. The molecule has 1 amide bonds. The van der Waals surface area contributed by atoms with Crippen molar-refractivity contribution in [2.45, 2.75) is 26.2 Å². The highest BCUT2D eigenvalue weighted by atomic mass is 19.1. The summed E-state index contributed by atoms with van der Waals surface area (Å²) in [6, 6.07) is 4.79. The second-order valence-electron chi connectivity index (χ2n) is 5.16. The molecule has 1 atom stereocenters. The fourth-order valence-electron chi connectivity index (χ4n) is 2.48. The zero-order chi connectivity index (χ0) is 13.7. The molecule has 0 radical (unpaired) electrons. The Morgan fingerprint density at radius 2 is 2.37 bits per heavy atom. The Balaban J connectivity index is 1.78. The van der Waals surface area contributed by atoms with Crippen LogP contribution in [0.2, 0.25) is 0 Å². The molecule has 0 aromatic heterocycles. The van der Waals surface area contributed by atoms with Crippen molar-refractivity contribution >= 4 is 5.91 Å². The van der Waals surface area contributed by atoms with Gasteiger partial charge in [-0.05, 0) is 56.0 Å². The third-order valence-electron chi connectivity index (χ3n) is 3.67. The van der Waals surface area contributed by atoms with Crippen molar-refractivity contribution < 1.29 is 9.18 Å². The molecule has 4 heteroatoms. The lowest BCUT2D eigenvalue weighted by Crippen LogP contribution is -2.41. The quantitative estimate of drug-likeness (QED) is 0.870. The Morgan fingerprint density at radius 1 is 1.53 bits per heavy atom. The number of amides is 1. The SMILES string of the molecule is Cc1cc(F)ccc1CCNC(=O)[C@H]1CCCNC1. The first kappa shape index (κ1) is 14.0. The van der Waals surface area contributed by atoms with E-state index in [9.17, 15) is 9.18 Å². The van der Waals surface area contributed by atoms with Gasteiger partial charge < -0.3 is 10.6 Å². The minimum Gasteiger partial charge on any atom is -0.355 e. The Bertz CT molecular complexity index is 442. The molecule has 0 spiro atoms. The molecular formula is C15H21FN2O. The summed E-state index contributed by atoms with van der Waals surface area (Å²) in [7, 11) is 0. The van der Waals surface area contributed by atoms with Gasteiger partial charge in [-0.15, -0.1) is 0 Å². The van der Waals surface area contributed by atoms with Gasteiger partial charge in [0, 0.05) is 13.1 Å². The van der Waals surface area contributed by atoms with Crippen LogP contribution in [0.25, 0.3) is 0 Å². The molecule has 0 saturated carbocycles. The molecule has 2 rings (SSSR count). The van der Waals surface area contributed by atoms with E-state index in [0.717, 1.165) is 43.5 Å². The lowest BCUT2D eigenvalue weighted by atomic mass is 9.98. The van der Waals surface area contributed by atoms with Gasteiger partial charge in [0.15, 0.2) is 0 Å². The second kappa shape index (κ2) is 6.66. The summed E-state index contributed by atoms with van der Waals surface area (Å²) in [5.41, 5.74) is 2.03. The van der Waals surface area contributed by atoms with E-state index in [-0.39, 0.29) is 17.6 Å². The van der Waals surface area contributed by atoms with Crippen molar-refractivity contribution in [3.8, 4) is 0 Å². The number of aryl methyl sites for hydroxylation is 1. The monoisotopic (exact) mass is 264 g/mol. The van der Waals surface area contributed by atoms with E-state index in [1.807, 2.05) is 6.92 Å². The van der Waals surface area contributed by atoms with Crippen LogP contribution in [-0.4, -0.2) is 25.5 Å². The van der Waals surface area contributed by atoms with E-state index in [0.29, 0.717) is 6.54 Å². The molecule has 1 fully saturated rings. The van der Waals surface area contributed by atoms with E-state index in [1.54, 1.807) is 6.07 Å². The summed E-state index contributed by atoms with van der Waals surface area (Å²) >= 11 is 0. The molecule has 1 aliphatic rings. The second-order valence-corrected chi connectivity index (χ2v) is 5.16. The summed E-state index contributed by atoms with van der Waals surface area (Å²) in [6.45, 7) is 4.30. The summed E-state index contributed by atoms with van der Waals surface area (Å²) in [5, 5.41) is 6.21. The van der Waals surface area contributed by atoms with Gasteiger partial charge in [0.25, 0.3) is 0 Å². The fourth-order valence-corrected chi connectivity index (χ4v) is 2.48. The van der Waals surface area contributed by atoms with Crippen molar-refractivity contribution in [3.63, 3.8) is 0 Å². The average Bonchev–Trinajstić information content (AvgIpc) is 2.42. The van der Waals surface area contributed by atoms with E-state index in [2.05, 4.69) is 10.6 Å². The first-order valence-corrected chi connectivity index (χ1v) is 6.90. The third-order valence-corrected chi connectivity index (χ3v) is 3.67. The molecule has 1 aromatic carbocycles. The smallest absolute Gasteiger partial charge is 0.224 e. The summed E-state index contributed by atoms with van der Waals surface area (Å²) in [5.74, 6) is 0.0218. The minimum atomic E-state index is -0.210. The molecule has 1 saturated heterocycles. The Kier molecular flexibility index (Phi) is 4.91. The van der Waals surface area contributed by atoms with Gasteiger partial charge in [0.05, 0.1) is 5.92 Å². The highest BCUT2D eigenvalue weighted by Crippen LogP contribution is 2.11. The molecule has 0 bridgehead atoms. The highest BCUT2D eigenvalue weighted by molar-refractivity contribution is 5.78. The van der Waals surface area contributed by atoms with Crippen molar-refractivity contribution in [2.75, 3.05) is 19.6 Å². The first-order chi connectivity index (χ1) is 9.16. The third kappa shape index (κ3) is 4.03. The molecular weight excluding hydrogens is 243 g/mol. The molecule has 3 nitrogen and oxygen atoms in total. The van der Waals surface area contributed by atoms with Crippen LogP contribution >= 0.6 is 0 Å². The van der Waals surface area contributed by atoms with Crippen molar-refractivity contribution in [3.05, 3.63) is 35.1 Å². The maximum atomic E-state index is 13.0. The van der Waals surface area contributed by atoms with Gasteiger partial charge in [0.1, 0.15) is 5.82 Å². The normalized spacial score (nSPS) is 19.2. The first-order valence-electron chi connectivity index (χ1n) is 6.90. The number of carbonyl (C=O) groups excluding carboxylic acids is 1. The zero-order valence-electron chi connectivity index (χ0n) is 11.3. The summed E-state index contributed by atoms with van der Waals surface area (Å²) < 4.78 is 13.0. The Morgan fingerprint density at radius 3 is 3.05 bits per heavy atom. The molecule has 19 heavy (non-hydrogen) atoms. The van der Waals surface area contributed by atoms with Gasteiger partial charge in [0.2, 0.25) is 5.91 Å². The van der Waals surface area contributed by atoms with Gasteiger partial charge >= 0.3 is 0 Å². The standard InChI is InChI=1S/C15H21FN2O/c1-11-9-14(16)5-4-12(11)6-8-18-15(19)13-3-2-7-17-10-13/h4-5,9,13,17H,2-3,6-8,10H2,1H3,(H,18,19)/t13-/m0/s1. The number of nitrogens with one attached hydrogen (secondary N) is 2. The van der Waals surface area contributed by atoms with Crippen molar-refractivity contribution in [1.29, 1.82) is 0 Å². The Hall–Kier alpha value is -1.42. The van der Waals surface area contributed by atoms with Crippen LogP contribution < -0.4 is 10.6 Å². The highest BCUT2D eigenvalue weighted by Gasteiger charge is 2.20.